The number of fused-ring (bicyclic) bond motifs is 4. The fourth-order valence-corrected chi connectivity index (χ4v) is 3.70. The summed E-state index contributed by atoms with van der Waals surface area (Å²) in [5, 5.41) is 5.71. The van der Waals surface area contributed by atoms with E-state index in [0.717, 1.165) is 46.5 Å². The highest BCUT2D eigenvalue weighted by Crippen LogP contribution is 2.38. The molecule has 130 valence electrons. The first-order chi connectivity index (χ1) is 12.8. The summed E-state index contributed by atoms with van der Waals surface area (Å²) >= 11 is 0. The van der Waals surface area contributed by atoms with Crippen molar-refractivity contribution in [2.24, 2.45) is 0 Å². The van der Waals surface area contributed by atoms with Gasteiger partial charge in [0, 0.05) is 34.7 Å². The van der Waals surface area contributed by atoms with E-state index in [0.29, 0.717) is 13.2 Å². The lowest BCUT2D eigenvalue weighted by atomic mass is 9.91. The molecule has 0 fully saturated rings. The van der Waals surface area contributed by atoms with Crippen molar-refractivity contribution in [1.82, 2.24) is 14.8 Å². The minimum atomic E-state index is 0.592. The quantitative estimate of drug-likeness (QED) is 0.718. The van der Waals surface area contributed by atoms with E-state index >= 15 is 0 Å². The Morgan fingerprint density at radius 1 is 1.19 bits per heavy atom. The Morgan fingerprint density at radius 3 is 2.92 bits per heavy atom. The summed E-state index contributed by atoms with van der Waals surface area (Å²) < 4.78 is 13.1. The van der Waals surface area contributed by atoms with Crippen LogP contribution in [-0.2, 0) is 17.9 Å². The van der Waals surface area contributed by atoms with Gasteiger partial charge in [-0.05, 0) is 24.1 Å². The first kappa shape index (κ1) is 15.2. The molecule has 0 N–H and O–H groups in total. The van der Waals surface area contributed by atoms with Gasteiger partial charge >= 0.3 is 0 Å². The predicted octanol–water partition coefficient (Wildman–Crippen LogP) is 4.08. The summed E-state index contributed by atoms with van der Waals surface area (Å²) in [7, 11) is 1.68. The molecule has 0 amide bonds. The molecule has 1 aliphatic carbocycles. The van der Waals surface area contributed by atoms with Crippen LogP contribution in [0.2, 0.25) is 0 Å². The molecule has 0 radical (unpaired) electrons. The van der Waals surface area contributed by atoms with Gasteiger partial charge in [-0.1, -0.05) is 24.3 Å². The molecule has 5 rings (SSSR count). The van der Waals surface area contributed by atoms with Gasteiger partial charge in [-0.3, -0.25) is 0 Å². The second kappa shape index (κ2) is 6.02. The molecular formula is C21H19N3O2. The molecule has 0 atom stereocenters. The molecule has 3 aromatic rings. The van der Waals surface area contributed by atoms with Crippen molar-refractivity contribution in [2.75, 3.05) is 7.11 Å². The number of ether oxygens (including phenoxy) is 2. The van der Waals surface area contributed by atoms with Gasteiger partial charge in [0.1, 0.15) is 18.1 Å². The van der Waals surface area contributed by atoms with Crippen molar-refractivity contribution in [3.05, 3.63) is 71.3 Å². The van der Waals surface area contributed by atoms with Gasteiger partial charge in [-0.2, -0.15) is 5.10 Å². The van der Waals surface area contributed by atoms with E-state index < -0.39 is 0 Å². The van der Waals surface area contributed by atoms with Crippen LogP contribution in [-0.4, -0.2) is 21.9 Å². The van der Waals surface area contributed by atoms with E-state index in [1.807, 2.05) is 29.2 Å². The molecule has 0 saturated heterocycles. The fraction of sp³-hybridized carbons (Fsp3) is 0.238. The number of aromatic nitrogens is 3. The first-order valence-electron chi connectivity index (χ1n) is 8.82. The second-order valence-corrected chi connectivity index (χ2v) is 6.61. The number of benzene rings is 1. The third-order valence-corrected chi connectivity index (χ3v) is 5.03. The Hall–Kier alpha value is -3.08. The molecule has 1 aliphatic heterocycles. The summed E-state index contributed by atoms with van der Waals surface area (Å²) in [5.41, 5.74) is 5.62. The monoisotopic (exact) mass is 345 g/mol. The standard InChI is InChI=1S/C21H19N3O2/c1-25-16-8-6-14(7-9-16)12-24-21-18(11-23-24)20-15(10-22-21)13-26-19-5-3-2-4-17(19)20/h2,4,6-11H,3,5,12-13H2,1H3. The Balaban J connectivity index is 1.58. The molecule has 5 nitrogen and oxygen atoms in total. The molecule has 0 spiro atoms. The van der Waals surface area contributed by atoms with Crippen molar-refractivity contribution in [2.45, 2.75) is 26.0 Å². The molecule has 3 heterocycles. The Bertz CT molecular complexity index is 1050. The summed E-state index contributed by atoms with van der Waals surface area (Å²) in [6.45, 7) is 1.27. The van der Waals surface area contributed by atoms with E-state index in [4.69, 9.17) is 9.47 Å². The van der Waals surface area contributed by atoms with E-state index in [2.05, 4.69) is 34.4 Å². The van der Waals surface area contributed by atoms with Crippen LogP contribution in [0.4, 0.5) is 0 Å². The van der Waals surface area contributed by atoms with Crippen LogP contribution in [0.1, 0.15) is 29.5 Å². The molecule has 0 bridgehead atoms. The van der Waals surface area contributed by atoms with Crippen molar-refractivity contribution >= 4 is 16.6 Å². The number of hydrogen-bond donors (Lipinski definition) is 0. The van der Waals surface area contributed by atoms with Crippen LogP contribution in [0, 0.1) is 0 Å². The molecule has 0 unspecified atom stereocenters. The number of pyridine rings is 1. The summed E-state index contributed by atoms with van der Waals surface area (Å²) in [6, 6.07) is 8.06. The number of nitrogens with zero attached hydrogens (tertiary/aromatic N) is 3. The average molecular weight is 345 g/mol. The maximum atomic E-state index is 5.93. The van der Waals surface area contributed by atoms with Crippen LogP contribution in [0.3, 0.4) is 0 Å². The third-order valence-electron chi connectivity index (χ3n) is 5.03. The van der Waals surface area contributed by atoms with Crippen LogP contribution < -0.4 is 4.74 Å². The molecule has 1 aromatic carbocycles. The van der Waals surface area contributed by atoms with Crippen molar-refractivity contribution < 1.29 is 9.47 Å². The highest BCUT2D eigenvalue weighted by Gasteiger charge is 2.24. The van der Waals surface area contributed by atoms with Crippen molar-refractivity contribution in [3.63, 3.8) is 0 Å². The summed E-state index contributed by atoms with van der Waals surface area (Å²) in [6.07, 6.45) is 10.3. The highest BCUT2D eigenvalue weighted by molar-refractivity contribution is 5.95. The lowest BCUT2D eigenvalue weighted by molar-refractivity contribution is 0.185. The fourth-order valence-electron chi connectivity index (χ4n) is 3.70. The van der Waals surface area contributed by atoms with E-state index in [-0.39, 0.29) is 0 Å². The number of hydrogen-bond acceptors (Lipinski definition) is 4. The number of methoxy groups -OCH3 is 1. The maximum absolute atomic E-state index is 5.93. The van der Waals surface area contributed by atoms with Crippen LogP contribution in [0.15, 0.2) is 54.6 Å². The minimum Gasteiger partial charge on any atom is -0.497 e. The molecular weight excluding hydrogens is 326 g/mol. The van der Waals surface area contributed by atoms with Crippen molar-refractivity contribution in [3.8, 4) is 5.75 Å². The van der Waals surface area contributed by atoms with Gasteiger partial charge in [0.15, 0.2) is 5.65 Å². The Labute approximate surface area is 151 Å². The van der Waals surface area contributed by atoms with Crippen LogP contribution in [0.5, 0.6) is 5.75 Å². The van der Waals surface area contributed by atoms with Gasteiger partial charge in [-0.25, -0.2) is 9.67 Å². The van der Waals surface area contributed by atoms with Gasteiger partial charge in [-0.15, -0.1) is 0 Å². The first-order valence-corrected chi connectivity index (χ1v) is 8.82. The van der Waals surface area contributed by atoms with E-state index in [9.17, 15) is 0 Å². The Kier molecular flexibility index (Phi) is 3.52. The normalized spacial score (nSPS) is 15.6. The van der Waals surface area contributed by atoms with Gasteiger partial charge in [0.05, 0.1) is 19.9 Å². The average Bonchev–Trinajstić information content (AvgIpc) is 3.11. The maximum Gasteiger partial charge on any atom is 0.158 e. The minimum absolute atomic E-state index is 0.592. The van der Waals surface area contributed by atoms with E-state index in [1.165, 1.54) is 11.1 Å². The largest absolute Gasteiger partial charge is 0.497 e. The van der Waals surface area contributed by atoms with Gasteiger partial charge < -0.3 is 9.47 Å². The zero-order chi connectivity index (χ0) is 17.5. The van der Waals surface area contributed by atoms with Crippen LogP contribution >= 0.6 is 0 Å². The molecule has 2 aromatic heterocycles. The smallest absolute Gasteiger partial charge is 0.158 e. The second-order valence-electron chi connectivity index (χ2n) is 6.61. The zero-order valence-electron chi connectivity index (χ0n) is 14.6. The molecule has 26 heavy (non-hydrogen) atoms. The number of rotatable bonds is 3. The van der Waals surface area contributed by atoms with Crippen molar-refractivity contribution in [1.29, 1.82) is 0 Å². The number of allylic oxidation sites excluding steroid dienone is 4. The topological polar surface area (TPSA) is 49.2 Å². The lowest BCUT2D eigenvalue weighted by Crippen LogP contribution is -2.10. The molecule has 5 heteroatoms. The van der Waals surface area contributed by atoms with Gasteiger partial charge in [0.2, 0.25) is 0 Å². The summed E-state index contributed by atoms with van der Waals surface area (Å²) in [4.78, 5) is 4.67. The molecule has 0 saturated carbocycles. The highest BCUT2D eigenvalue weighted by atomic mass is 16.5. The summed E-state index contributed by atoms with van der Waals surface area (Å²) in [5.74, 6) is 1.95. The van der Waals surface area contributed by atoms with Gasteiger partial charge in [0.25, 0.3) is 0 Å². The van der Waals surface area contributed by atoms with Crippen LogP contribution in [0.25, 0.3) is 16.6 Å². The lowest BCUT2D eigenvalue weighted by Gasteiger charge is -2.24. The van der Waals surface area contributed by atoms with E-state index in [1.54, 1.807) is 7.11 Å². The zero-order valence-corrected chi connectivity index (χ0v) is 14.6. The molecule has 2 aliphatic rings. The Morgan fingerprint density at radius 2 is 2.08 bits per heavy atom. The SMILES string of the molecule is COc1ccc(Cn2ncc3c4c(cnc32)COC2=C4C=CCC2)cc1. The predicted molar refractivity (Wildman–Crippen MR) is 99.7 cm³/mol. The third kappa shape index (κ3) is 2.39.